The second-order valence-electron chi connectivity index (χ2n) is 2.57. The first-order valence-electron chi connectivity index (χ1n) is 3.74. The summed E-state index contributed by atoms with van der Waals surface area (Å²) >= 11 is 5.69. The van der Waals surface area contributed by atoms with Gasteiger partial charge in [-0.15, -0.1) is 0 Å². The average molecular weight is 216 g/mol. The molecule has 0 fully saturated rings. The molecule has 0 aromatic carbocycles. The fraction of sp³-hybridized carbons (Fsp3) is 0.125. The van der Waals surface area contributed by atoms with Crippen LogP contribution in [0.3, 0.4) is 0 Å². The topological polar surface area (TPSA) is 38.7 Å². The van der Waals surface area contributed by atoms with Gasteiger partial charge in [0.2, 0.25) is 0 Å². The van der Waals surface area contributed by atoms with Crippen LogP contribution >= 0.6 is 11.6 Å². The van der Waals surface area contributed by atoms with Crippen molar-refractivity contribution in [2.45, 2.75) is 6.43 Å². The number of alkyl halides is 2. The lowest BCUT2D eigenvalue weighted by Gasteiger charge is -2.00. The van der Waals surface area contributed by atoms with Crippen LogP contribution in [0.5, 0.6) is 0 Å². The van der Waals surface area contributed by atoms with E-state index in [2.05, 4.69) is 15.0 Å². The summed E-state index contributed by atoms with van der Waals surface area (Å²) in [5, 5.41) is 0.163. The monoisotopic (exact) mass is 215 g/mol. The maximum absolute atomic E-state index is 12.2. The van der Waals surface area contributed by atoms with Gasteiger partial charge in [0.15, 0.2) is 5.15 Å². The Labute approximate surface area is 82.8 Å². The van der Waals surface area contributed by atoms with Gasteiger partial charge in [0.25, 0.3) is 6.43 Å². The number of hydrogen-bond acceptors (Lipinski definition) is 3. The van der Waals surface area contributed by atoms with Crippen molar-refractivity contribution in [3.8, 4) is 0 Å². The molecule has 0 aliphatic heterocycles. The summed E-state index contributed by atoms with van der Waals surface area (Å²) in [7, 11) is 0. The van der Waals surface area contributed by atoms with Crippen molar-refractivity contribution in [3.63, 3.8) is 0 Å². The smallest absolute Gasteiger partial charge is 0.249 e. The molecule has 0 bridgehead atoms. The van der Waals surface area contributed by atoms with Crippen molar-refractivity contribution in [2.24, 2.45) is 0 Å². The molecule has 0 aliphatic rings. The van der Waals surface area contributed by atoms with Gasteiger partial charge in [-0.05, 0) is 6.07 Å². The minimum atomic E-state index is -2.63. The summed E-state index contributed by atoms with van der Waals surface area (Å²) in [5.74, 6) is 0. The Morgan fingerprint density at radius 3 is 2.79 bits per heavy atom. The zero-order valence-corrected chi connectivity index (χ0v) is 7.54. The molecule has 3 nitrogen and oxygen atoms in total. The molecule has 72 valence electrons. The molecule has 2 aromatic rings. The van der Waals surface area contributed by atoms with Crippen LogP contribution in [0.25, 0.3) is 11.0 Å². The third-order valence-corrected chi connectivity index (χ3v) is 1.93. The molecule has 0 saturated carbocycles. The van der Waals surface area contributed by atoms with Gasteiger partial charge in [-0.2, -0.15) is 0 Å². The average Bonchev–Trinajstić information content (AvgIpc) is 2.17. The van der Waals surface area contributed by atoms with E-state index in [1.165, 1.54) is 12.3 Å². The number of nitrogens with zero attached hydrogens (tertiary/aromatic N) is 3. The summed E-state index contributed by atoms with van der Waals surface area (Å²) < 4.78 is 24.5. The summed E-state index contributed by atoms with van der Waals surface area (Å²) in [6.45, 7) is 0. The maximum Gasteiger partial charge on any atom is 0.281 e. The van der Waals surface area contributed by atoms with E-state index in [9.17, 15) is 8.78 Å². The molecule has 2 heterocycles. The van der Waals surface area contributed by atoms with E-state index < -0.39 is 6.43 Å². The highest BCUT2D eigenvalue weighted by atomic mass is 35.5. The van der Waals surface area contributed by atoms with E-state index in [1.807, 2.05) is 0 Å². The quantitative estimate of drug-likeness (QED) is 0.687. The molecule has 0 atom stereocenters. The van der Waals surface area contributed by atoms with Gasteiger partial charge in [0, 0.05) is 6.20 Å². The summed E-state index contributed by atoms with van der Waals surface area (Å²) in [4.78, 5) is 11.2. The largest absolute Gasteiger partial charge is 0.281 e. The Hall–Kier alpha value is -1.36. The van der Waals surface area contributed by atoms with Crippen LogP contribution in [-0.4, -0.2) is 15.0 Å². The van der Waals surface area contributed by atoms with Crippen LogP contribution in [-0.2, 0) is 0 Å². The molecule has 2 rings (SSSR count). The van der Waals surface area contributed by atoms with Gasteiger partial charge < -0.3 is 0 Å². The number of rotatable bonds is 1. The number of hydrogen-bond donors (Lipinski definition) is 0. The van der Waals surface area contributed by atoms with Gasteiger partial charge in [-0.1, -0.05) is 11.6 Å². The fourth-order valence-electron chi connectivity index (χ4n) is 1.03. The molecule has 2 aromatic heterocycles. The predicted octanol–water partition coefficient (Wildman–Crippen LogP) is 2.62. The van der Waals surface area contributed by atoms with Gasteiger partial charge in [-0.25, -0.2) is 23.7 Å². The van der Waals surface area contributed by atoms with Crippen molar-refractivity contribution >= 4 is 22.6 Å². The SMILES string of the molecule is FC(F)c1cnc2c(Cl)nccc2n1. The molecular formula is C8H4ClF2N3. The summed E-state index contributed by atoms with van der Waals surface area (Å²) in [5.41, 5.74) is 0.293. The maximum atomic E-state index is 12.2. The van der Waals surface area contributed by atoms with Gasteiger partial charge in [0.1, 0.15) is 11.2 Å². The lowest BCUT2D eigenvalue weighted by Crippen LogP contribution is -1.94. The Morgan fingerprint density at radius 1 is 1.29 bits per heavy atom. The van der Waals surface area contributed by atoms with Crippen molar-refractivity contribution < 1.29 is 8.78 Å². The van der Waals surface area contributed by atoms with Crippen molar-refractivity contribution in [3.05, 3.63) is 29.3 Å². The number of fused-ring (bicyclic) bond motifs is 1. The molecule has 0 amide bonds. The normalized spacial score (nSPS) is 11.1. The standard InChI is InChI=1S/C8H4ClF2N3/c9-7-6-4(1-2-12-7)14-5(3-13-6)8(10)11/h1-3,8H. The van der Waals surface area contributed by atoms with Gasteiger partial charge in [0.05, 0.1) is 11.7 Å². The van der Waals surface area contributed by atoms with Crippen molar-refractivity contribution in [2.75, 3.05) is 0 Å². The van der Waals surface area contributed by atoms with Crippen LogP contribution in [0.1, 0.15) is 12.1 Å². The van der Waals surface area contributed by atoms with Crippen LogP contribution < -0.4 is 0 Å². The molecule has 14 heavy (non-hydrogen) atoms. The van der Waals surface area contributed by atoms with Crippen molar-refractivity contribution in [1.29, 1.82) is 0 Å². The molecule has 0 saturated heterocycles. The van der Waals surface area contributed by atoms with E-state index in [1.54, 1.807) is 0 Å². The van der Waals surface area contributed by atoms with E-state index in [-0.39, 0.29) is 10.8 Å². The third-order valence-electron chi connectivity index (χ3n) is 1.66. The van der Waals surface area contributed by atoms with E-state index >= 15 is 0 Å². The summed E-state index contributed by atoms with van der Waals surface area (Å²) in [6, 6.07) is 1.49. The molecule has 6 heteroatoms. The highest BCUT2D eigenvalue weighted by molar-refractivity contribution is 6.33. The number of pyridine rings is 1. The van der Waals surface area contributed by atoms with Crippen LogP contribution in [0.15, 0.2) is 18.5 Å². The van der Waals surface area contributed by atoms with Crippen molar-refractivity contribution in [1.82, 2.24) is 15.0 Å². The zero-order chi connectivity index (χ0) is 10.1. The predicted molar refractivity (Wildman–Crippen MR) is 47.3 cm³/mol. The third kappa shape index (κ3) is 1.50. The second-order valence-corrected chi connectivity index (χ2v) is 2.92. The molecule has 0 aliphatic carbocycles. The lowest BCUT2D eigenvalue weighted by atomic mass is 10.3. The van der Waals surface area contributed by atoms with Crippen LogP contribution in [0, 0.1) is 0 Å². The minimum Gasteiger partial charge on any atom is -0.249 e. The van der Waals surface area contributed by atoms with Gasteiger partial charge in [-0.3, -0.25) is 0 Å². The highest BCUT2D eigenvalue weighted by Gasteiger charge is 2.11. The number of halogens is 3. The van der Waals surface area contributed by atoms with Crippen LogP contribution in [0.2, 0.25) is 5.15 Å². The molecule has 0 unspecified atom stereocenters. The Bertz CT molecular complexity index is 475. The van der Waals surface area contributed by atoms with Crippen LogP contribution in [0.4, 0.5) is 8.78 Å². The first-order valence-corrected chi connectivity index (χ1v) is 4.11. The number of aromatic nitrogens is 3. The lowest BCUT2D eigenvalue weighted by molar-refractivity contribution is 0.146. The van der Waals surface area contributed by atoms with E-state index in [4.69, 9.17) is 11.6 Å². The molecule has 0 radical (unpaired) electrons. The summed E-state index contributed by atoms with van der Waals surface area (Å²) in [6.07, 6.45) is -0.228. The Kier molecular flexibility index (Phi) is 2.25. The minimum absolute atomic E-state index is 0.163. The molecular weight excluding hydrogens is 212 g/mol. The van der Waals surface area contributed by atoms with Gasteiger partial charge >= 0.3 is 0 Å². The Morgan fingerprint density at radius 2 is 2.07 bits per heavy atom. The first kappa shape index (κ1) is 9.21. The molecule has 0 spiro atoms. The van der Waals surface area contributed by atoms with E-state index in [0.717, 1.165) is 6.20 Å². The second kappa shape index (κ2) is 3.42. The zero-order valence-electron chi connectivity index (χ0n) is 6.78. The Balaban J connectivity index is 2.67. The highest BCUT2D eigenvalue weighted by Crippen LogP contribution is 2.21. The first-order chi connectivity index (χ1) is 6.68. The molecule has 0 N–H and O–H groups in total. The fourth-order valence-corrected chi connectivity index (χ4v) is 1.23. The van der Waals surface area contributed by atoms with E-state index in [0.29, 0.717) is 11.0 Å².